The molecule has 2 nitrogen and oxygen atoms in total. The SMILES string of the molecule is [B]C1CC(O)C(CF)O1. The van der Waals surface area contributed by atoms with E-state index in [9.17, 15) is 4.39 Å². The van der Waals surface area contributed by atoms with E-state index in [0.717, 1.165) is 0 Å². The molecule has 2 radical (unpaired) electrons. The van der Waals surface area contributed by atoms with Crippen LogP contribution in [0, 0.1) is 0 Å². The van der Waals surface area contributed by atoms with Gasteiger partial charge in [0.15, 0.2) is 0 Å². The predicted molar refractivity (Wildman–Crippen MR) is 31.0 cm³/mol. The van der Waals surface area contributed by atoms with Crippen LogP contribution >= 0.6 is 0 Å². The molecule has 3 unspecified atom stereocenters. The van der Waals surface area contributed by atoms with Crippen LogP contribution in [0.1, 0.15) is 6.42 Å². The van der Waals surface area contributed by atoms with Crippen LogP contribution < -0.4 is 0 Å². The maximum atomic E-state index is 11.8. The Labute approximate surface area is 54.4 Å². The molecule has 0 bridgehead atoms. The molecule has 1 rings (SSSR count). The number of aliphatic hydroxyl groups excluding tert-OH is 1. The summed E-state index contributed by atoms with van der Waals surface area (Å²) in [4.78, 5) is 0. The quantitative estimate of drug-likeness (QED) is 0.489. The number of ether oxygens (including phenoxy) is 1. The highest BCUT2D eigenvalue weighted by Crippen LogP contribution is 2.17. The zero-order valence-electron chi connectivity index (χ0n) is 4.96. The van der Waals surface area contributed by atoms with Crippen molar-refractivity contribution in [2.75, 3.05) is 6.67 Å². The van der Waals surface area contributed by atoms with Gasteiger partial charge in [0.25, 0.3) is 0 Å². The van der Waals surface area contributed by atoms with Crippen LogP contribution in [0.15, 0.2) is 0 Å². The molecule has 1 fully saturated rings. The van der Waals surface area contributed by atoms with Gasteiger partial charge in [-0.2, -0.15) is 0 Å². The van der Waals surface area contributed by atoms with Gasteiger partial charge < -0.3 is 9.84 Å². The Morgan fingerprint density at radius 2 is 2.44 bits per heavy atom. The summed E-state index contributed by atoms with van der Waals surface area (Å²) >= 11 is 0. The second-order valence-corrected chi connectivity index (χ2v) is 2.17. The monoisotopic (exact) mass is 130 g/mol. The van der Waals surface area contributed by atoms with Crippen molar-refractivity contribution in [2.24, 2.45) is 0 Å². The van der Waals surface area contributed by atoms with Gasteiger partial charge in [0.05, 0.1) is 6.10 Å². The molecular formula is C5H8BFO2. The van der Waals surface area contributed by atoms with Crippen molar-refractivity contribution in [1.82, 2.24) is 0 Å². The summed E-state index contributed by atoms with van der Waals surface area (Å²) in [6.45, 7) is -0.658. The second kappa shape index (κ2) is 2.67. The smallest absolute Gasteiger partial charge is 0.118 e. The van der Waals surface area contributed by atoms with E-state index >= 15 is 0 Å². The minimum atomic E-state index is -0.718. The van der Waals surface area contributed by atoms with E-state index in [4.69, 9.17) is 17.7 Å². The zero-order chi connectivity index (χ0) is 6.85. The summed E-state index contributed by atoms with van der Waals surface area (Å²) in [5.41, 5.74) is 0. The molecule has 4 heteroatoms. The Balaban J connectivity index is 2.38. The largest absolute Gasteiger partial charge is 0.390 e. The minimum Gasteiger partial charge on any atom is -0.390 e. The number of alkyl halides is 1. The number of aliphatic hydroxyl groups is 1. The van der Waals surface area contributed by atoms with Crippen LogP contribution in [-0.2, 0) is 4.74 Å². The molecule has 0 aliphatic carbocycles. The lowest BCUT2D eigenvalue weighted by molar-refractivity contribution is 0.0169. The summed E-state index contributed by atoms with van der Waals surface area (Å²) < 4.78 is 16.6. The lowest BCUT2D eigenvalue weighted by Gasteiger charge is -2.07. The molecule has 0 amide bonds. The third-order valence-corrected chi connectivity index (χ3v) is 1.40. The fraction of sp³-hybridized carbons (Fsp3) is 1.00. The van der Waals surface area contributed by atoms with E-state index in [0.29, 0.717) is 6.42 Å². The summed E-state index contributed by atoms with van der Waals surface area (Å²) in [5, 5.41) is 8.91. The van der Waals surface area contributed by atoms with Crippen LogP contribution in [-0.4, -0.2) is 37.8 Å². The standard InChI is InChI=1S/C5H8BFO2/c6-5-1-3(8)4(2-7)9-5/h3-5,8H,1-2H2. The van der Waals surface area contributed by atoms with Crippen molar-refractivity contribution >= 4 is 7.85 Å². The van der Waals surface area contributed by atoms with Gasteiger partial charge in [-0.3, -0.25) is 0 Å². The van der Waals surface area contributed by atoms with Gasteiger partial charge >= 0.3 is 0 Å². The predicted octanol–water partition coefficient (Wildman–Crippen LogP) is -0.400. The second-order valence-electron chi connectivity index (χ2n) is 2.17. The van der Waals surface area contributed by atoms with Crippen molar-refractivity contribution in [3.05, 3.63) is 0 Å². The topological polar surface area (TPSA) is 29.5 Å². The Kier molecular flexibility index (Phi) is 2.08. The molecule has 1 aliphatic rings. The molecule has 0 aromatic carbocycles. The summed E-state index contributed by atoms with van der Waals surface area (Å²) in [7, 11) is 5.24. The van der Waals surface area contributed by atoms with Gasteiger partial charge in [0, 0.05) is 6.00 Å². The number of halogens is 1. The lowest BCUT2D eigenvalue weighted by Crippen LogP contribution is -2.22. The van der Waals surface area contributed by atoms with Crippen molar-refractivity contribution < 1.29 is 14.2 Å². The Bertz CT molecular complexity index is 101. The first-order valence-corrected chi connectivity index (χ1v) is 2.89. The third kappa shape index (κ3) is 1.43. The first-order chi connectivity index (χ1) is 4.24. The fourth-order valence-corrected chi connectivity index (χ4v) is 0.900. The van der Waals surface area contributed by atoms with E-state index < -0.39 is 24.9 Å². The Morgan fingerprint density at radius 1 is 1.78 bits per heavy atom. The Hall–Kier alpha value is -0.0851. The molecule has 50 valence electrons. The molecule has 1 heterocycles. The molecule has 0 saturated carbocycles. The van der Waals surface area contributed by atoms with Crippen LogP contribution in [0.5, 0.6) is 0 Å². The lowest BCUT2D eigenvalue weighted by atomic mass is 9.96. The average molecular weight is 130 g/mol. The number of hydrogen-bond donors (Lipinski definition) is 1. The molecular weight excluding hydrogens is 122 g/mol. The van der Waals surface area contributed by atoms with E-state index in [2.05, 4.69) is 0 Å². The molecule has 9 heavy (non-hydrogen) atoms. The van der Waals surface area contributed by atoms with Crippen molar-refractivity contribution in [1.29, 1.82) is 0 Å². The minimum absolute atomic E-state index is 0.342. The van der Waals surface area contributed by atoms with E-state index in [1.807, 2.05) is 0 Å². The van der Waals surface area contributed by atoms with E-state index in [-0.39, 0.29) is 0 Å². The summed E-state index contributed by atoms with van der Waals surface area (Å²) in [5.74, 6) is 0. The van der Waals surface area contributed by atoms with Crippen LogP contribution in [0.2, 0.25) is 0 Å². The van der Waals surface area contributed by atoms with Gasteiger partial charge in [-0.15, -0.1) is 0 Å². The van der Waals surface area contributed by atoms with E-state index in [1.54, 1.807) is 0 Å². The van der Waals surface area contributed by atoms with Gasteiger partial charge in [-0.1, -0.05) is 0 Å². The highest BCUT2D eigenvalue weighted by molar-refractivity contribution is 6.11. The first kappa shape index (κ1) is 7.03. The third-order valence-electron chi connectivity index (χ3n) is 1.40. The molecule has 1 aliphatic heterocycles. The molecule has 0 aromatic rings. The van der Waals surface area contributed by atoms with Crippen LogP contribution in [0.3, 0.4) is 0 Å². The van der Waals surface area contributed by atoms with Crippen molar-refractivity contribution in [3.63, 3.8) is 0 Å². The molecule has 0 aromatic heterocycles. The van der Waals surface area contributed by atoms with Gasteiger partial charge in [-0.05, 0) is 6.42 Å². The van der Waals surface area contributed by atoms with Gasteiger partial charge in [0.2, 0.25) is 0 Å². The van der Waals surface area contributed by atoms with Crippen molar-refractivity contribution in [3.8, 4) is 0 Å². The molecule has 0 spiro atoms. The number of rotatable bonds is 1. The summed E-state index contributed by atoms with van der Waals surface area (Å²) in [6, 6.07) is -0.485. The highest BCUT2D eigenvalue weighted by Gasteiger charge is 2.30. The zero-order valence-corrected chi connectivity index (χ0v) is 4.96. The maximum absolute atomic E-state index is 11.8. The van der Waals surface area contributed by atoms with E-state index in [1.165, 1.54) is 0 Å². The number of hydrogen-bond acceptors (Lipinski definition) is 2. The summed E-state index contributed by atoms with van der Waals surface area (Å²) in [6.07, 6.45) is -1.07. The average Bonchev–Trinajstić information content (AvgIpc) is 2.10. The normalized spacial score (nSPS) is 43.6. The highest BCUT2D eigenvalue weighted by atomic mass is 19.1. The van der Waals surface area contributed by atoms with Gasteiger partial charge in [0.1, 0.15) is 20.6 Å². The van der Waals surface area contributed by atoms with Crippen LogP contribution in [0.25, 0.3) is 0 Å². The molecule has 3 atom stereocenters. The molecule has 1 N–H and O–H groups in total. The van der Waals surface area contributed by atoms with Crippen LogP contribution in [0.4, 0.5) is 4.39 Å². The maximum Gasteiger partial charge on any atom is 0.118 e. The molecule has 1 saturated heterocycles. The van der Waals surface area contributed by atoms with Gasteiger partial charge in [-0.25, -0.2) is 4.39 Å². The Morgan fingerprint density at radius 3 is 2.67 bits per heavy atom. The fourth-order valence-electron chi connectivity index (χ4n) is 0.900. The first-order valence-electron chi connectivity index (χ1n) is 2.89. The van der Waals surface area contributed by atoms with Crippen molar-refractivity contribution in [2.45, 2.75) is 24.6 Å².